The molecule has 114 valence electrons. The summed E-state index contributed by atoms with van der Waals surface area (Å²) in [5.41, 5.74) is 0.202. The first-order chi connectivity index (χ1) is 10.1. The van der Waals surface area contributed by atoms with E-state index in [1.807, 2.05) is 11.8 Å². The van der Waals surface area contributed by atoms with E-state index in [-0.39, 0.29) is 23.7 Å². The van der Waals surface area contributed by atoms with Crippen molar-refractivity contribution in [2.75, 3.05) is 18.1 Å². The highest BCUT2D eigenvalue weighted by atomic mass is 35.5. The molecule has 2 saturated heterocycles. The molecule has 0 aliphatic carbocycles. The quantitative estimate of drug-likeness (QED) is 0.842. The van der Waals surface area contributed by atoms with Gasteiger partial charge in [-0.05, 0) is 37.1 Å². The van der Waals surface area contributed by atoms with Gasteiger partial charge in [-0.3, -0.25) is 4.79 Å². The summed E-state index contributed by atoms with van der Waals surface area (Å²) in [6.45, 7) is 0.627. The van der Waals surface area contributed by atoms with E-state index in [1.165, 1.54) is 6.07 Å². The predicted octanol–water partition coefficient (Wildman–Crippen LogP) is 3.89. The molecule has 0 bridgehead atoms. The fourth-order valence-electron chi connectivity index (χ4n) is 3.19. The number of hydrogen-bond acceptors (Lipinski definition) is 3. The second kappa shape index (κ2) is 6.27. The molecule has 0 saturated carbocycles. The van der Waals surface area contributed by atoms with Crippen molar-refractivity contribution in [1.82, 2.24) is 0 Å². The lowest BCUT2D eigenvalue weighted by atomic mass is 9.81. The molecule has 0 radical (unpaired) electrons. The van der Waals surface area contributed by atoms with Crippen molar-refractivity contribution in [2.45, 2.75) is 31.3 Å². The third kappa shape index (κ3) is 3.27. The molecular weight excluding hydrogens is 311 g/mol. The molecule has 5 heteroatoms. The zero-order chi connectivity index (χ0) is 14.9. The van der Waals surface area contributed by atoms with E-state index >= 15 is 0 Å². The SMILES string of the molecule is O=C(Cc1c(F)cccc1Cl)C1CCOC2(CCSC2)C1. The number of ether oxygens (including phenoxy) is 1. The van der Waals surface area contributed by atoms with Gasteiger partial charge in [-0.2, -0.15) is 11.8 Å². The average Bonchev–Trinajstić information content (AvgIpc) is 2.91. The fraction of sp³-hybridized carbons (Fsp3) is 0.562. The molecule has 2 unspecified atom stereocenters. The van der Waals surface area contributed by atoms with Crippen LogP contribution in [0.3, 0.4) is 0 Å². The summed E-state index contributed by atoms with van der Waals surface area (Å²) in [4.78, 5) is 12.5. The summed E-state index contributed by atoms with van der Waals surface area (Å²) in [5, 5.41) is 0.335. The third-order valence-electron chi connectivity index (χ3n) is 4.43. The Hall–Kier alpha value is -0.580. The highest BCUT2D eigenvalue weighted by Crippen LogP contribution is 2.41. The summed E-state index contributed by atoms with van der Waals surface area (Å²) in [6, 6.07) is 4.55. The molecule has 21 heavy (non-hydrogen) atoms. The Balaban J connectivity index is 1.70. The van der Waals surface area contributed by atoms with E-state index in [0.717, 1.165) is 30.8 Å². The van der Waals surface area contributed by atoms with Crippen molar-refractivity contribution in [2.24, 2.45) is 5.92 Å². The number of Topliss-reactive ketones (excluding diaryl/α,β-unsaturated/α-hetero) is 1. The maximum absolute atomic E-state index is 13.8. The molecule has 2 aliphatic rings. The summed E-state index contributed by atoms with van der Waals surface area (Å²) in [6.07, 6.45) is 2.60. The highest BCUT2D eigenvalue weighted by molar-refractivity contribution is 7.99. The lowest BCUT2D eigenvalue weighted by Crippen LogP contribution is -2.42. The minimum atomic E-state index is -0.394. The van der Waals surface area contributed by atoms with Crippen LogP contribution >= 0.6 is 23.4 Å². The Morgan fingerprint density at radius 2 is 2.38 bits per heavy atom. The fourth-order valence-corrected chi connectivity index (χ4v) is 4.79. The topological polar surface area (TPSA) is 26.3 Å². The molecule has 0 aromatic heterocycles. The Kier molecular flexibility index (Phi) is 4.57. The number of carbonyl (C=O) groups excluding carboxylic acids is 1. The van der Waals surface area contributed by atoms with Crippen LogP contribution in [0.1, 0.15) is 24.8 Å². The second-order valence-corrected chi connectivity index (χ2v) is 7.38. The number of carbonyl (C=O) groups is 1. The Morgan fingerprint density at radius 3 is 3.10 bits per heavy atom. The molecule has 2 heterocycles. The van der Waals surface area contributed by atoms with Crippen LogP contribution in [0.4, 0.5) is 4.39 Å². The van der Waals surface area contributed by atoms with E-state index in [9.17, 15) is 9.18 Å². The first kappa shape index (κ1) is 15.3. The predicted molar refractivity (Wildman–Crippen MR) is 83.5 cm³/mol. The van der Waals surface area contributed by atoms with E-state index in [1.54, 1.807) is 12.1 Å². The first-order valence-corrected chi connectivity index (χ1v) is 8.80. The summed E-state index contributed by atoms with van der Waals surface area (Å²) in [7, 11) is 0. The van der Waals surface area contributed by atoms with Gasteiger partial charge < -0.3 is 4.74 Å². The normalized spacial score (nSPS) is 29.0. The molecular formula is C16H18ClFO2S. The van der Waals surface area contributed by atoms with Crippen molar-refractivity contribution in [3.05, 3.63) is 34.6 Å². The standard InChI is InChI=1S/C16H18ClFO2S/c17-13-2-1-3-14(18)12(13)8-15(19)11-4-6-20-16(9-11)5-7-21-10-16/h1-3,11H,4-10H2. The maximum Gasteiger partial charge on any atom is 0.140 e. The Bertz CT molecular complexity index is 523. The van der Waals surface area contributed by atoms with E-state index in [2.05, 4.69) is 0 Å². The number of rotatable bonds is 3. The molecule has 1 aromatic carbocycles. The van der Waals surface area contributed by atoms with Gasteiger partial charge in [0.1, 0.15) is 11.6 Å². The van der Waals surface area contributed by atoms with E-state index < -0.39 is 5.82 Å². The number of halogens is 2. The van der Waals surface area contributed by atoms with Crippen LogP contribution in [-0.4, -0.2) is 29.5 Å². The van der Waals surface area contributed by atoms with Crippen molar-refractivity contribution < 1.29 is 13.9 Å². The molecule has 3 rings (SSSR count). The monoisotopic (exact) mass is 328 g/mol. The molecule has 0 amide bonds. The number of ketones is 1. The highest BCUT2D eigenvalue weighted by Gasteiger charge is 2.42. The molecule has 2 atom stereocenters. The van der Waals surface area contributed by atoms with Crippen LogP contribution in [0, 0.1) is 11.7 Å². The minimum absolute atomic E-state index is 0.0341. The molecule has 2 aliphatic heterocycles. The van der Waals surface area contributed by atoms with Crippen LogP contribution < -0.4 is 0 Å². The van der Waals surface area contributed by atoms with Gasteiger partial charge in [-0.25, -0.2) is 4.39 Å². The smallest absolute Gasteiger partial charge is 0.140 e. The van der Waals surface area contributed by atoms with Gasteiger partial charge in [0, 0.05) is 35.3 Å². The van der Waals surface area contributed by atoms with Crippen LogP contribution in [0.15, 0.2) is 18.2 Å². The van der Waals surface area contributed by atoms with Gasteiger partial charge in [0.05, 0.1) is 5.60 Å². The van der Waals surface area contributed by atoms with E-state index in [4.69, 9.17) is 16.3 Å². The number of benzene rings is 1. The number of thioether (sulfide) groups is 1. The van der Waals surface area contributed by atoms with Gasteiger partial charge in [-0.15, -0.1) is 0 Å². The van der Waals surface area contributed by atoms with Crippen LogP contribution in [0.2, 0.25) is 5.02 Å². The van der Waals surface area contributed by atoms with Gasteiger partial charge >= 0.3 is 0 Å². The molecule has 2 fully saturated rings. The zero-order valence-electron chi connectivity index (χ0n) is 11.7. The van der Waals surface area contributed by atoms with Gasteiger partial charge in [0.25, 0.3) is 0 Å². The molecule has 1 aromatic rings. The van der Waals surface area contributed by atoms with Gasteiger partial charge in [-0.1, -0.05) is 17.7 Å². The van der Waals surface area contributed by atoms with Gasteiger partial charge in [0.2, 0.25) is 0 Å². The van der Waals surface area contributed by atoms with Crippen molar-refractivity contribution >= 4 is 29.1 Å². The lowest BCUT2D eigenvalue weighted by molar-refractivity contribution is -0.133. The largest absolute Gasteiger partial charge is 0.374 e. The average molecular weight is 329 g/mol. The summed E-state index contributed by atoms with van der Waals surface area (Å²) < 4.78 is 19.7. The van der Waals surface area contributed by atoms with E-state index in [0.29, 0.717) is 17.2 Å². The Morgan fingerprint density at radius 1 is 1.52 bits per heavy atom. The van der Waals surface area contributed by atoms with Crippen molar-refractivity contribution in [3.8, 4) is 0 Å². The summed E-state index contributed by atoms with van der Waals surface area (Å²) >= 11 is 7.90. The number of hydrogen-bond donors (Lipinski definition) is 0. The van der Waals surface area contributed by atoms with Crippen molar-refractivity contribution in [1.29, 1.82) is 0 Å². The van der Waals surface area contributed by atoms with Crippen molar-refractivity contribution in [3.63, 3.8) is 0 Å². The molecule has 0 N–H and O–H groups in total. The van der Waals surface area contributed by atoms with Gasteiger partial charge in [0.15, 0.2) is 0 Å². The first-order valence-electron chi connectivity index (χ1n) is 7.27. The zero-order valence-corrected chi connectivity index (χ0v) is 13.3. The maximum atomic E-state index is 13.8. The minimum Gasteiger partial charge on any atom is -0.374 e. The van der Waals surface area contributed by atoms with Crippen LogP contribution in [0.5, 0.6) is 0 Å². The van der Waals surface area contributed by atoms with Crippen LogP contribution in [0.25, 0.3) is 0 Å². The molecule has 1 spiro atoms. The second-order valence-electron chi connectivity index (χ2n) is 5.87. The summed E-state index contributed by atoms with van der Waals surface area (Å²) in [5.74, 6) is 1.72. The third-order valence-corrected chi connectivity index (χ3v) is 6.01. The molecule has 2 nitrogen and oxygen atoms in total. The van der Waals surface area contributed by atoms with Crippen LogP contribution in [-0.2, 0) is 16.0 Å². The Labute approximate surface area is 133 Å². The lowest BCUT2D eigenvalue weighted by Gasteiger charge is -2.37.